The molecule has 1 rings (SSSR count). The van der Waals surface area contributed by atoms with Crippen molar-refractivity contribution in [3.05, 3.63) is 24.7 Å². The SMILES string of the molecule is NCCCC=O.c1ccoc1. The number of furan rings is 1. The summed E-state index contributed by atoms with van der Waals surface area (Å²) in [6.07, 6.45) is 5.56. The molecule has 0 saturated heterocycles. The van der Waals surface area contributed by atoms with E-state index in [9.17, 15) is 4.79 Å². The molecule has 0 bridgehead atoms. The monoisotopic (exact) mass is 155 g/mol. The molecule has 3 heteroatoms. The molecule has 0 aliphatic heterocycles. The van der Waals surface area contributed by atoms with Crippen LogP contribution in [0, 0.1) is 0 Å². The molecule has 3 nitrogen and oxygen atoms in total. The lowest BCUT2D eigenvalue weighted by atomic mass is 10.3. The molecule has 0 amide bonds. The number of hydrogen-bond acceptors (Lipinski definition) is 3. The largest absolute Gasteiger partial charge is 0.473 e. The molecule has 1 aromatic rings. The first-order chi connectivity index (χ1) is 5.41. The highest BCUT2D eigenvalue weighted by atomic mass is 16.3. The number of nitrogens with two attached hydrogens (primary N) is 1. The van der Waals surface area contributed by atoms with Crippen LogP contribution in [-0.4, -0.2) is 12.8 Å². The van der Waals surface area contributed by atoms with Crippen LogP contribution in [0.1, 0.15) is 12.8 Å². The summed E-state index contributed by atoms with van der Waals surface area (Å²) in [6.45, 7) is 0.624. The normalized spacial score (nSPS) is 8.09. The lowest BCUT2D eigenvalue weighted by Gasteiger charge is -1.79. The average molecular weight is 155 g/mol. The van der Waals surface area contributed by atoms with Crippen LogP contribution >= 0.6 is 0 Å². The van der Waals surface area contributed by atoms with Gasteiger partial charge < -0.3 is 14.9 Å². The lowest BCUT2D eigenvalue weighted by Crippen LogP contribution is -1.97. The molecule has 0 saturated carbocycles. The summed E-state index contributed by atoms with van der Waals surface area (Å²) in [5.74, 6) is 0. The third-order valence-electron chi connectivity index (χ3n) is 0.951. The Morgan fingerprint density at radius 2 is 2.00 bits per heavy atom. The van der Waals surface area contributed by atoms with Crippen LogP contribution < -0.4 is 5.73 Å². The summed E-state index contributed by atoms with van der Waals surface area (Å²) in [5, 5.41) is 0. The number of aldehydes is 1. The van der Waals surface area contributed by atoms with Crippen molar-refractivity contribution >= 4 is 6.29 Å². The van der Waals surface area contributed by atoms with Crippen molar-refractivity contribution in [1.29, 1.82) is 0 Å². The molecule has 62 valence electrons. The van der Waals surface area contributed by atoms with Gasteiger partial charge in [0.05, 0.1) is 12.5 Å². The topological polar surface area (TPSA) is 56.2 Å². The average Bonchev–Trinajstić information content (AvgIpc) is 2.57. The van der Waals surface area contributed by atoms with Gasteiger partial charge in [0, 0.05) is 6.42 Å². The van der Waals surface area contributed by atoms with Crippen molar-refractivity contribution in [3.63, 3.8) is 0 Å². The molecule has 11 heavy (non-hydrogen) atoms. The summed E-state index contributed by atoms with van der Waals surface area (Å²) < 4.78 is 4.58. The highest BCUT2D eigenvalue weighted by Gasteiger charge is 1.74. The maximum absolute atomic E-state index is 9.51. The van der Waals surface area contributed by atoms with E-state index < -0.39 is 0 Å². The van der Waals surface area contributed by atoms with E-state index >= 15 is 0 Å². The summed E-state index contributed by atoms with van der Waals surface area (Å²) >= 11 is 0. The van der Waals surface area contributed by atoms with Crippen LogP contribution in [0.2, 0.25) is 0 Å². The first kappa shape index (κ1) is 9.91. The fourth-order valence-corrected chi connectivity index (χ4v) is 0.428. The molecule has 0 unspecified atom stereocenters. The van der Waals surface area contributed by atoms with Crippen molar-refractivity contribution in [2.24, 2.45) is 5.73 Å². The third-order valence-corrected chi connectivity index (χ3v) is 0.951. The van der Waals surface area contributed by atoms with Gasteiger partial charge in [0.2, 0.25) is 0 Å². The first-order valence-electron chi connectivity index (χ1n) is 3.52. The van der Waals surface area contributed by atoms with E-state index in [1.165, 1.54) is 0 Å². The predicted molar refractivity (Wildman–Crippen MR) is 43.1 cm³/mol. The van der Waals surface area contributed by atoms with Gasteiger partial charge in [-0.2, -0.15) is 0 Å². The van der Waals surface area contributed by atoms with Gasteiger partial charge >= 0.3 is 0 Å². The fourth-order valence-electron chi connectivity index (χ4n) is 0.428. The molecule has 0 aromatic carbocycles. The number of carbonyl (C=O) groups is 1. The Hall–Kier alpha value is -1.09. The van der Waals surface area contributed by atoms with Crippen LogP contribution in [0.3, 0.4) is 0 Å². The lowest BCUT2D eigenvalue weighted by molar-refractivity contribution is -0.107. The Bertz CT molecular complexity index is 132. The Kier molecular flexibility index (Phi) is 8.03. The zero-order valence-corrected chi connectivity index (χ0v) is 6.40. The second-order valence-electron chi connectivity index (χ2n) is 1.89. The third kappa shape index (κ3) is 8.91. The van der Waals surface area contributed by atoms with Gasteiger partial charge in [-0.25, -0.2) is 0 Å². The maximum Gasteiger partial charge on any atom is 0.120 e. The second kappa shape index (κ2) is 8.91. The van der Waals surface area contributed by atoms with Crippen LogP contribution in [0.4, 0.5) is 0 Å². The summed E-state index contributed by atoms with van der Waals surface area (Å²) in [5.41, 5.74) is 5.06. The molecule has 1 heterocycles. The van der Waals surface area contributed by atoms with Crippen LogP contribution in [0.25, 0.3) is 0 Å². The fraction of sp³-hybridized carbons (Fsp3) is 0.375. The van der Waals surface area contributed by atoms with Gasteiger partial charge in [-0.15, -0.1) is 0 Å². The minimum atomic E-state index is 0.608. The van der Waals surface area contributed by atoms with E-state index in [-0.39, 0.29) is 0 Å². The van der Waals surface area contributed by atoms with Gasteiger partial charge in [-0.3, -0.25) is 0 Å². The van der Waals surface area contributed by atoms with E-state index in [0.717, 1.165) is 12.7 Å². The molecule has 0 aliphatic carbocycles. The molecular weight excluding hydrogens is 142 g/mol. The minimum absolute atomic E-state index is 0.608. The molecule has 0 aliphatic rings. The molecule has 0 spiro atoms. The van der Waals surface area contributed by atoms with E-state index in [1.54, 1.807) is 12.5 Å². The zero-order valence-electron chi connectivity index (χ0n) is 6.40. The van der Waals surface area contributed by atoms with Crippen molar-refractivity contribution < 1.29 is 9.21 Å². The molecule has 0 fully saturated rings. The molecule has 1 aromatic heterocycles. The van der Waals surface area contributed by atoms with E-state index in [0.29, 0.717) is 13.0 Å². The zero-order chi connectivity index (χ0) is 8.36. The Labute approximate surface area is 66.2 Å². The molecular formula is C8H13NO2. The maximum atomic E-state index is 9.51. The molecule has 0 radical (unpaired) electrons. The van der Waals surface area contributed by atoms with Gasteiger partial charge in [-0.05, 0) is 25.1 Å². The van der Waals surface area contributed by atoms with Crippen LogP contribution in [-0.2, 0) is 4.79 Å². The quantitative estimate of drug-likeness (QED) is 0.527. The first-order valence-corrected chi connectivity index (χ1v) is 3.52. The van der Waals surface area contributed by atoms with Gasteiger partial charge in [0.25, 0.3) is 0 Å². The number of hydrogen-bond donors (Lipinski definition) is 1. The minimum Gasteiger partial charge on any atom is -0.473 e. The molecule has 0 atom stereocenters. The summed E-state index contributed by atoms with van der Waals surface area (Å²) in [6, 6.07) is 3.67. The van der Waals surface area contributed by atoms with Gasteiger partial charge in [-0.1, -0.05) is 0 Å². The predicted octanol–water partition coefficient (Wildman–Crippen LogP) is 1.20. The molecule has 2 N–H and O–H groups in total. The van der Waals surface area contributed by atoms with Gasteiger partial charge in [0.15, 0.2) is 0 Å². The number of unbranched alkanes of at least 4 members (excludes halogenated alkanes) is 1. The Balaban J connectivity index is 0.000000183. The summed E-state index contributed by atoms with van der Waals surface area (Å²) in [4.78, 5) is 9.51. The van der Waals surface area contributed by atoms with E-state index in [4.69, 9.17) is 5.73 Å². The van der Waals surface area contributed by atoms with Crippen LogP contribution in [0.5, 0.6) is 0 Å². The smallest absolute Gasteiger partial charge is 0.120 e. The van der Waals surface area contributed by atoms with Crippen molar-refractivity contribution in [1.82, 2.24) is 0 Å². The van der Waals surface area contributed by atoms with Crippen LogP contribution in [0.15, 0.2) is 29.1 Å². The standard InChI is InChI=1S/C4H9NO.C4H4O/c5-3-1-2-4-6;1-2-4-5-3-1/h4H,1-3,5H2;1-4H. The van der Waals surface area contributed by atoms with Gasteiger partial charge in [0.1, 0.15) is 6.29 Å². The highest BCUT2D eigenvalue weighted by Crippen LogP contribution is 1.79. The number of carbonyl (C=O) groups excluding carboxylic acids is 1. The summed E-state index contributed by atoms with van der Waals surface area (Å²) in [7, 11) is 0. The Morgan fingerprint density at radius 3 is 2.18 bits per heavy atom. The second-order valence-corrected chi connectivity index (χ2v) is 1.89. The van der Waals surface area contributed by atoms with E-state index in [2.05, 4.69) is 4.42 Å². The van der Waals surface area contributed by atoms with Crippen molar-refractivity contribution in [2.75, 3.05) is 6.54 Å². The highest BCUT2D eigenvalue weighted by molar-refractivity contribution is 5.48. The van der Waals surface area contributed by atoms with Crippen molar-refractivity contribution in [2.45, 2.75) is 12.8 Å². The van der Waals surface area contributed by atoms with E-state index in [1.807, 2.05) is 12.1 Å². The van der Waals surface area contributed by atoms with Crippen molar-refractivity contribution in [3.8, 4) is 0 Å². The number of rotatable bonds is 3. The Morgan fingerprint density at radius 1 is 1.36 bits per heavy atom.